The summed E-state index contributed by atoms with van der Waals surface area (Å²) < 4.78 is 1.09. The van der Waals surface area contributed by atoms with Crippen molar-refractivity contribution in [3.8, 4) is 0 Å². The topological polar surface area (TPSA) is 29.1 Å². The molecule has 2 heterocycles. The van der Waals surface area contributed by atoms with E-state index in [0.29, 0.717) is 6.54 Å². The summed E-state index contributed by atoms with van der Waals surface area (Å²) in [5, 5.41) is 2.93. The van der Waals surface area contributed by atoms with E-state index in [2.05, 4.69) is 21.2 Å². The largest absolute Gasteiger partial charge is 0.346 e. The fourth-order valence-corrected chi connectivity index (χ4v) is 3.76. The van der Waals surface area contributed by atoms with Crippen LogP contribution >= 0.6 is 38.6 Å². The molecule has 0 saturated heterocycles. The predicted molar refractivity (Wildman–Crippen MR) is 77.0 cm³/mol. The first-order valence-corrected chi connectivity index (χ1v) is 7.58. The number of amides is 1. The Morgan fingerprint density at radius 3 is 2.65 bits per heavy atom. The monoisotopic (exact) mass is 329 g/mol. The van der Waals surface area contributed by atoms with Crippen LogP contribution in [0.15, 0.2) is 22.0 Å². The van der Waals surface area contributed by atoms with Crippen molar-refractivity contribution in [3.05, 3.63) is 42.2 Å². The lowest BCUT2D eigenvalue weighted by atomic mass is 10.3. The van der Waals surface area contributed by atoms with E-state index in [9.17, 15) is 4.79 Å². The van der Waals surface area contributed by atoms with Gasteiger partial charge in [0.15, 0.2) is 0 Å². The second-order valence-corrected chi connectivity index (χ2v) is 7.54. The van der Waals surface area contributed by atoms with E-state index >= 15 is 0 Å². The van der Waals surface area contributed by atoms with Crippen molar-refractivity contribution in [2.45, 2.75) is 20.4 Å². The van der Waals surface area contributed by atoms with Gasteiger partial charge in [0.05, 0.1) is 15.2 Å². The maximum Gasteiger partial charge on any atom is 0.261 e. The lowest BCUT2D eigenvalue weighted by Gasteiger charge is -2.00. The van der Waals surface area contributed by atoms with Crippen LogP contribution in [0, 0.1) is 13.8 Å². The summed E-state index contributed by atoms with van der Waals surface area (Å²) in [6.07, 6.45) is 0. The molecule has 1 N–H and O–H groups in total. The van der Waals surface area contributed by atoms with Gasteiger partial charge in [0.25, 0.3) is 5.91 Å². The molecule has 0 aromatic carbocycles. The third-order valence-electron chi connectivity index (χ3n) is 2.44. The number of nitrogens with one attached hydrogen (secondary N) is 1. The number of thiophene rings is 2. The van der Waals surface area contributed by atoms with Crippen LogP contribution in [0.5, 0.6) is 0 Å². The first-order chi connectivity index (χ1) is 8.06. The molecule has 0 fully saturated rings. The van der Waals surface area contributed by atoms with Gasteiger partial charge < -0.3 is 5.32 Å². The van der Waals surface area contributed by atoms with E-state index in [1.54, 1.807) is 22.7 Å². The first kappa shape index (κ1) is 12.8. The van der Waals surface area contributed by atoms with Gasteiger partial charge in [0, 0.05) is 9.75 Å². The van der Waals surface area contributed by atoms with E-state index < -0.39 is 0 Å². The molecule has 0 aliphatic heterocycles. The number of halogens is 1. The summed E-state index contributed by atoms with van der Waals surface area (Å²) >= 11 is 6.59. The Morgan fingerprint density at radius 1 is 1.35 bits per heavy atom. The van der Waals surface area contributed by atoms with Gasteiger partial charge in [-0.2, -0.15) is 0 Å². The standard InChI is InChI=1S/C12H12BrNOS2/c1-7-5-10(16-8(7)2)12(15)14-6-9-3-4-11(13)17-9/h3-5H,6H2,1-2H3,(H,14,15). The Labute approximate surface area is 117 Å². The molecule has 2 nitrogen and oxygen atoms in total. The molecule has 0 radical (unpaired) electrons. The van der Waals surface area contributed by atoms with Crippen molar-refractivity contribution in [1.82, 2.24) is 5.32 Å². The van der Waals surface area contributed by atoms with Crippen LogP contribution in [0.3, 0.4) is 0 Å². The number of carbonyl (C=O) groups is 1. The third kappa shape index (κ3) is 3.18. The molecule has 0 aliphatic rings. The second kappa shape index (κ2) is 5.33. The number of aryl methyl sites for hydroxylation is 2. The SMILES string of the molecule is Cc1cc(C(=O)NCc2ccc(Br)s2)sc1C. The van der Waals surface area contributed by atoms with Gasteiger partial charge in [-0.1, -0.05) is 0 Å². The zero-order chi connectivity index (χ0) is 12.4. The fourth-order valence-electron chi connectivity index (χ4n) is 1.39. The van der Waals surface area contributed by atoms with Gasteiger partial charge in [-0.3, -0.25) is 4.79 Å². The molecule has 0 aliphatic carbocycles. The van der Waals surface area contributed by atoms with Crippen molar-refractivity contribution >= 4 is 44.5 Å². The summed E-state index contributed by atoms with van der Waals surface area (Å²) in [4.78, 5) is 15.0. The number of carbonyl (C=O) groups excluding carboxylic acids is 1. The Bertz CT molecular complexity index is 525. The number of hydrogen-bond donors (Lipinski definition) is 1. The Hall–Kier alpha value is -0.650. The maximum absolute atomic E-state index is 11.9. The van der Waals surface area contributed by atoms with Crippen molar-refractivity contribution in [2.24, 2.45) is 0 Å². The van der Waals surface area contributed by atoms with Crippen LogP contribution in [-0.2, 0) is 6.54 Å². The zero-order valence-corrected chi connectivity index (χ0v) is 12.8. The zero-order valence-electron chi connectivity index (χ0n) is 9.54. The van der Waals surface area contributed by atoms with Crippen molar-refractivity contribution in [2.75, 3.05) is 0 Å². The first-order valence-electron chi connectivity index (χ1n) is 5.15. The van der Waals surface area contributed by atoms with Gasteiger partial charge >= 0.3 is 0 Å². The summed E-state index contributed by atoms with van der Waals surface area (Å²) in [7, 11) is 0. The van der Waals surface area contributed by atoms with E-state index in [-0.39, 0.29) is 5.91 Å². The van der Waals surface area contributed by atoms with Crippen LogP contribution in [0.25, 0.3) is 0 Å². The Kier molecular flexibility index (Phi) is 4.01. The highest BCUT2D eigenvalue weighted by Gasteiger charge is 2.10. The van der Waals surface area contributed by atoms with Crippen LogP contribution < -0.4 is 5.32 Å². The molecule has 0 unspecified atom stereocenters. The lowest BCUT2D eigenvalue weighted by molar-refractivity contribution is 0.0955. The molecule has 2 aromatic rings. The van der Waals surface area contributed by atoms with Gasteiger partial charge in [-0.05, 0) is 53.5 Å². The highest BCUT2D eigenvalue weighted by atomic mass is 79.9. The summed E-state index contributed by atoms with van der Waals surface area (Å²) in [5.41, 5.74) is 1.18. The minimum absolute atomic E-state index is 0.00993. The Balaban J connectivity index is 1.98. The molecular formula is C12H12BrNOS2. The van der Waals surface area contributed by atoms with Gasteiger partial charge in [0.1, 0.15) is 0 Å². The van der Waals surface area contributed by atoms with E-state index in [1.165, 1.54) is 10.4 Å². The van der Waals surface area contributed by atoms with Gasteiger partial charge in [0.2, 0.25) is 0 Å². The molecule has 1 amide bonds. The molecule has 2 aromatic heterocycles. The third-order valence-corrected chi connectivity index (χ3v) is 5.22. The van der Waals surface area contributed by atoms with Gasteiger partial charge in [-0.25, -0.2) is 0 Å². The molecule has 2 rings (SSSR count). The highest BCUT2D eigenvalue weighted by molar-refractivity contribution is 9.11. The van der Waals surface area contributed by atoms with Crippen LogP contribution in [-0.4, -0.2) is 5.91 Å². The van der Waals surface area contributed by atoms with E-state index in [1.807, 2.05) is 32.0 Å². The Morgan fingerprint density at radius 2 is 2.12 bits per heavy atom. The fraction of sp³-hybridized carbons (Fsp3) is 0.250. The number of hydrogen-bond acceptors (Lipinski definition) is 3. The highest BCUT2D eigenvalue weighted by Crippen LogP contribution is 2.23. The van der Waals surface area contributed by atoms with Crippen LogP contribution in [0.4, 0.5) is 0 Å². The molecule has 0 spiro atoms. The molecule has 90 valence electrons. The average molecular weight is 330 g/mol. The summed E-state index contributed by atoms with van der Waals surface area (Å²) in [6.45, 7) is 4.65. The van der Waals surface area contributed by atoms with Crippen molar-refractivity contribution in [3.63, 3.8) is 0 Å². The van der Waals surface area contributed by atoms with Gasteiger partial charge in [-0.15, -0.1) is 22.7 Å². The summed E-state index contributed by atoms with van der Waals surface area (Å²) in [6, 6.07) is 5.95. The normalized spacial score (nSPS) is 10.5. The van der Waals surface area contributed by atoms with E-state index in [0.717, 1.165) is 13.5 Å². The minimum Gasteiger partial charge on any atom is -0.346 e. The molecule has 0 atom stereocenters. The van der Waals surface area contributed by atoms with Crippen molar-refractivity contribution in [1.29, 1.82) is 0 Å². The maximum atomic E-state index is 11.9. The van der Waals surface area contributed by atoms with Crippen LogP contribution in [0.1, 0.15) is 25.0 Å². The quantitative estimate of drug-likeness (QED) is 0.901. The number of rotatable bonds is 3. The molecule has 0 saturated carbocycles. The predicted octanol–water partition coefficient (Wildman–Crippen LogP) is 4.12. The van der Waals surface area contributed by atoms with Crippen molar-refractivity contribution < 1.29 is 4.79 Å². The average Bonchev–Trinajstić information content (AvgIpc) is 2.83. The second-order valence-electron chi connectivity index (χ2n) is 3.74. The smallest absolute Gasteiger partial charge is 0.261 e. The summed E-state index contributed by atoms with van der Waals surface area (Å²) in [5.74, 6) is 0.00993. The van der Waals surface area contributed by atoms with Crippen LogP contribution in [0.2, 0.25) is 0 Å². The molecular weight excluding hydrogens is 318 g/mol. The molecule has 5 heteroatoms. The molecule has 17 heavy (non-hydrogen) atoms. The van der Waals surface area contributed by atoms with E-state index in [4.69, 9.17) is 0 Å². The minimum atomic E-state index is 0.00993. The molecule has 0 bridgehead atoms. The lowest BCUT2D eigenvalue weighted by Crippen LogP contribution is -2.21.